The van der Waals surface area contributed by atoms with Crippen LogP contribution in [-0.4, -0.2) is 19.3 Å². The third kappa shape index (κ3) is 4.70. The van der Waals surface area contributed by atoms with Gasteiger partial charge in [0.25, 0.3) is 0 Å². The van der Waals surface area contributed by atoms with E-state index in [1.54, 1.807) is 11.3 Å². The van der Waals surface area contributed by atoms with E-state index in [1.807, 2.05) is 0 Å². The van der Waals surface area contributed by atoms with Crippen LogP contribution in [0.25, 0.3) is 0 Å². The molecule has 0 spiro atoms. The van der Waals surface area contributed by atoms with E-state index in [4.69, 9.17) is 4.74 Å². The van der Waals surface area contributed by atoms with E-state index in [9.17, 15) is 0 Å². The Kier molecular flexibility index (Phi) is 5.98. The predicted molar refractivity (Wildman–Crippen MR) is 76.6 cm³/mol. The fourth-order valence-electron chi connectivity index (χ4n) is 2.18. The second kappa shape index (κ2) is 7.52. The van der Waals surface area contributed by atoms with Crippen LogP contribution in [0.5, 0.6) is 0 Å². The van der Waals surface area contributed by atoms with Crippen molar-refractivity contribution >= 4 is 27.3 Å². The SMILES string of the molecule is Brc1ccsc1CNCCOC1CCCCC1. The Bertz CT molecular complexity index is 323. The molecule has 4 heteroatoms. The van der Waals surface area contributed by atoms with Crippen LogP contribution in [0.15, 0.2) is 15.9 Å². The van der Waals surface area contributed by atoms with Crippen LogP contribution in [0, 0.1) is 0 Å². The summed E-state index contributed by atoms with van der Waals surface area (Å²) in [5.74, 6) is 0. The van der Waals surface area contributed by atoms with E-state index < -0.39 is 0 Å². The number of thiophene rings is 1. The highest BCUT2D eigenvalue weighted by Crippen LogP contribution is 2.22. The van der Waals surface area contributed by atoms with Gasteiger partial charge in [-0.05, 0) is 40.2 Å². The highest BCUT2D eigenvalue weighted by atomic mass is 79.9. The van der Waals surface area contributed by atoms with Crippen LogP contribution in [0.3, 0.4) is 0 Å². The van der Waals surface area contributed by atoms with Crippen LogP contribution in [0.1, 0.15) is 37.0 Å². The molecule has 0 aromatic carbocycles. The molecule has 17 heavy (non-hydrogen) atoms. The molecule has 0 saturated heterocycles. The van der Waals surface area contributed by atoms with Crippen molar-refractivity contribution in [2.45, 2.75) is 44.8 Å². The Morgan fingerprint density at radius 3 is 2.88 bits per heavy atom. The average Bonchev–Trinajstić information content (AvgIpc) is 2.76. The number of hydrogen-bond donors (Lipinski definition) is 1. The van der Waals surface area contributed by atoms with Crippen LogP contribution < -0.4 is 5.32 Å². The predicted octanol–water partition coefficient (Wildman–Crippen LogP) is 3.95. The summed E-state index contributed by atoms with van der Waals surface area (Å²) >= 11 is 5.32. The molecule has 2 nitrogen and oxygen atoms in total. The molecule has 1 aliphatic rings. The van der Waals surface area contributed by atoms with Crippen molar-refractivity contribution < 1.29 is 4.74 Å². The van der Waals surface area contributed by atoms with E-state index in [2.05, 4.69) is 32.7 Å². The first-order valence-electron chi connectivity index (χ1n) is 6.40. The Balaban J connectivity index is 1.53. The quantitative estimate of drug-likeness (QED) is 0.802. The minimum absolute atomic E-state index is 0.527. The summed E-state index contributed by atoms with van der Waals surface area (Å²) in [4.78, 5) is 1.36. The largest absolute Gasteiger partial charge is 0.377 e. The van der Waals surface area contributed by atoms with E-state index in [-0.39, 0.29) is 0 Å². The van der Waals surface area contributed by atoms with Gasteiger partial charge < -0.3 is 10.1 Å². The van der Waals surface area contributed by atoms with Gasteiger partial charge >= 0.3 is 0 Å². The summed E-state index contributed by atoms with van der Waals surface area (Å²) in [7, 11) is 0. The molecule has 1 aromatic rings. The summed E-state index contributed by atoms with van der Waals surface area (Å²) in [6.45, 7) is 2.72. The zero-order chi connectivity index (χ0) is 11.9. The second-order valence-corrected chi connectivity index (χ2v) is 6.35. The minimum atomic E-state index is 0.527. The maximum atomic E-state index is 5.86. The van der Waals surface area contributed by atoms with Gasteiger partial charge in [-0.3, -0.25) is 0 Å². The Hall–Kier alpha value is 0.1000. The fourth-order valence-corrected chi connectivity index (χ4v) is 3.64. The molecule has 2 rings (SSSR count). The minimum Gasteiger partial charge on any atom is -0.377 e. The smallest absolute Gasteiger partial charge is 0.0594 e. The van der Waals surface area contributed by atoms with Gasteiger partial charge in [0.15, 0.2) is 0 Å². The Labute approximate surface area is 116 Å². The zero-order valence-electron chi connectivity index (χ0n) is 10.1. The molecule has 1 saturated carbocycles. The molecule has 96 valence electrons. The first kappa shape index (κ1) is 13.5. The van der Waals surface area contributed by atoms with Gasteiger partial charge in [0.2, 0.25) is 0 Å². The van der Waals surface area contributed by atoms with E-state index in [0.717, 1.165) is 19.7 Å². The molecule has 1 N–H and O–H groups in total. The first-order chi connectivity index (χ1) is 8.36. The van der Waals surface area contributed by atoms with Crippen molar-refractivity contribution in [3.8, 4) is 0 Å². The van der Waals surface area contributed by atoms with E-state index >= 15 is 0 Å². The molecule has 0 radical (unpaired) electrons. The summed E-state index contributed by atoms with van der Waals surface area (Å²) < 4.78 is 7.07. The van der Waals surface area contributed by atoms with Crippen molar-refractivity contribution in [1.82, 2.24) is 5.32 Å². The van der Waals surface area contributed by atoms with Crippen molar-refractivity contribution in [2.24, 2.45) is 0 Å². The normalized spacial score (nSPS) is 17.5. The molecular weight excluding hydrogens is 298 g/mol. The third-order valence-corrected chi connectivity index (χ3v) is 5.09. The van der Waals surface area contributed by atoms with Gasteiger partial charge in [0.1, 0.15) is 0 Å². The number of rotatable bonds is 6. The average molecular weight is 318 g/mol. The van der Waals surface area contributed by atoms with Crippen molar-refractivity contribution in [3.63, 3.8) is 0 Å². The summed E-state index contributed by atoms with van der Waals surface area (Å²) in [6.07, 6.45) is 7.14. The van der Waals surface area contributed by atoms with Gasteiger partial charge in [0.05, 0.1) is 12.7 Å². The van der Waals surface area contributed by atoms with Crippen LogP contribution in [0.4, 0.5) is 0 Å². The molecule has 1 aromatic heterocycles. The summed E-state index contributed by atoms with van der Waals surface area (Å²) in [5.41, 5.74) is 0. The maximum Gasteiger partial charge on any atom is 0.0594 e. The van der Waals surface area contributed by atoms with Crippen molar-refractivity contribution in [1.29, 1.82) is 0 Å². The van der Waals surface area contributed by atoms with Crippen molar-refractivity contribution in [3.05, 3.63) is 20.8 Å². The third-order valence-electron chi connectivity index (χ3n) is 3.16. The number of halogens is 1. The number of hydrogen-bond acceptors (Lipinski definition) is 3. The first-order valence-corrected chi connectivity index (χ1v) is 8.08. The second-order valence-electron chi connectivity index (χ2n) is 4.50. The molecule has 1 heterocycles. The molecule has 0 amide bonds. The van der Waals surface area contributed by atoms with E-state index in [0.29, 0.717) is 6.10 Å². The van der Waals surface area contributed by atoms with Crippen LogP contribution >= 0.6 is 27.3 Å². The topological polar surface area (TPSA) is 21.3 Å². The molecule has 0 unspecified atom stereocenters. The fraction of sp³-hybridized carbons (Fsp3) is 0.692. The van der Waals surface area contributed by atoms with Gasteiger partial charge in [-0.1, -0.05) is 19.3 Å². The lowest BCUT2D eigenvalue weighted by Gasteiger charge is -2.21. The van der Waals surface area contributed by atoms with Gasteiger partial charge in [0, 0.05) is 22.4 Å². The Morgan fingerprint density at radius 2 is 2.18 bits per heavy atom. The number of nitrogens with one attached hydrogen (secondary N) is 1. The molecule has 1 fully saturated rings. The van der Waals surface area contributed by atoms with Gasteiger partial charge in [-0.25, -0.2) is 0 Å². The number of ether oxygens (including phenoxy) is 1. The molecule has 1 aliphatic carbocycles. The molecule has 0 aliphatic heterocycles. The molecular formula is C13H20BrNOS. The maximum absolute atomic E-state index is 5.86. The van der Waals surface area contributed by atoms with Gasteiger partial charge in [-0.15, -0.1) is 11.3 Å². The van der Waals surface area contributed by atoms with Crippen LogP contribution in [-0.2, 0) is 11.3 Å². The van der Waals surface area contributed by atoms with Crippen LogP contribution in [0.2, 0.25) is 0 Å². The van der Waals surface area contributed by atoms with Gasteiger partial charge in [-0.2, -0.15) is 0 Å². The molecule has 0 bridgehead atoms. The molecule has 0 atom stereocenters. The monoisotopic (exact) mass is 317 g/mol. The lowest BCUT2D eigenvalue weighted by Crippen LogP contribution is -2.24. The van der Waals surface area contributed by atoms with E-state index in [1.165, 1.54) is 41.5 Å². The lowest BCUT2D eigenvalue weighted by atomic mass is 9.98. The highest BCUT2D eigenvalue weighted by molar-refractivity contribution is 9.10. The Morgan fingerprint density at radius 1 is 1.35 bits per heavy atom. The summed E-state index contributed by atoms with van der Waals surface area (Å²) in [6, 6.07) is 2.10. The van der Waals surface area contributed by atoms with Crippen molar-refractivity contribution in [2.75, 3.05) is 13.2 Å². The zero-order valence-corrected chi connectivity index (χ0v) is 12.5. The standard InChI is InChI=1S/C13H20BrNOS/c14-12-6-9-17-13(12)10-15-7-8-16-11-4-2-1-3-5-11/h6,9,11,15H,1-5,7-8,10H2. The highest BCUT2D eigenvalue weighted by Gasteiger charge is 2.12. The summed E-state index contributed by atoms with van der Waals surface area (Å²) in [5, 5.41) is 5.53. The lowest BCUT2D eigenvalue weighted by molar-refractivity contribution is 0.0302.